The minimum absolute atomic E-state index is 0.0935. The van der Waals surface area contributed by atoms with Crippen molar-refractivity contribution in [1.82, 2.24) is 4.90 Å². The molecule has 1 aliphatic heterocycles. The van der Waals surface area contributed by atoms with Gasteiger partial charge in [-0.3, -0.25) is 19.3 Å². The number of nitrogens with zero attached hydrogens (tertiary/aromatic N) is 1. The van der Waals surface area contributed by atoms with E-state index in [-0.39, 0.29) is 18.2 Å². The molecule has 0 aromatic rings. The number of unbranched alkanes of at least 4 members (excludes halogenated alkanes) is 1. The van der Waals surface area contributed by atoms with Crippen LogP contribution < -0.4 is 0 Å². The minimum Gasteiger partial charge on any atom is -0.481 e. The Morgan fingerprint density at radius 2 is 1.79 bits per heavy atom. The first-order chi connectivity index (χ1) is 6.61. The highest BCUT2D eigenvalue weighted by atomic mass is 16.4. The maximum absolute atomic E-state index is 11.1. The summed E-state index contributed by atoms with van der Waals surface area (Å²) in [6, 6.07) is 0. The van der Waals surface area contributed by atoms with Gasteiger partial charge in [-0.1, -0.05) is 0 Å². The van der Waals surface area contributed by atoms with Gasteiger partial charge in [-0.15, -0.1) is 0 Å². The number of carbonyl (C=O) groups excluding carboxylic acids is 2. The van der Waals surface area contributed by atoms with Gasteiger partial charge in [0.25, 0.3) is 0 Å². The summed E-state index contributed by atoms with van der Waals surface area (Å²) in [6.07, 6.45) is 1.78. The Morgan fingerprint density at radius 3 is 2.29 bits per heavy atom. The number of carboxylic acids is 1. The van der Waals surface area contributed by atoms with Crippen molar-refractivity contribution in [3.63, 3.8) is 0 Å². The molecular weight excluding hydrogens is 186 g/mol. The Hall–Kier alpha value is -1.39. The number of carboxylic acid groups (broad SMARTS) is 1. The number of rotatable bonds is 5. The molecule has 0 aliphatic carbocycles. The molecule has 0 aromatic heterocycles. The first-order valence-electron chi connectivity index (χ1n) is 4.66. The van der Waals surface area contributed by atoms with Gasteiger partial charge in [-0.05, 0) is 12.8 Å². The van der Waals surface area contributed by atoms with Crippen molar-refractivity contribution in [1.29, 1.82) is 0 Å². The first-order valence-corrected chi connectivity index (χ1v) is 4.66. The van der Waals surface area contributed by atoms with Crippen molar-refractivity contribution in [3.05, 3.63) is 0 Å². The molecule has 1 saturated heterocycles. The van der Waals surface area contributed by atoms with E-state index in [0.717, 1.165) is 0 Å². The molecule has 0 saturated carbocycles. The average Bonchev–Trinajstić information content (AvgIpc) is 2.42. The molecule has 2 amide bonds. The fraction of sp³-hybridized carbons (Fsp3) is 0.667. The number of aliphatic carboxylic acids is 1. The van der Waals surface area contributed by atoms with E-state index < -0.39 is 5.97 Å². The molecule has 1 aliphatic rings. The van der Waals surface area contributed by atoms with Crippen LogP contribution in [0.5, 0.6) is 0 Å². The molecule has 0 unspecified atom stereocenters. The van der Waals surface area contributed by atoms with Crippen molar-refractivity contribution in [2.24, 2.45) is 0 Å². The zero-order valence-corrected chi connectivity index (χ0v) is 7.86. The molecule has 14 heavy (non-hydrogen) atoms. The number of hydrogen-bond acceptors (Lipinski definition) is 3. The lowest BCUT2D eigenvalue weighted by Crippen LogP contribution is -2.30. The molecular formula is C9H13NO4. The summed E-state index contributed by atoms with van der Waals surface area (Å²) in [4.78, 5) is 33.6. The van der Waals surface area contributed by atoms with Gasteiger partial charge in [-0.2, -0.15) is 0 Å². The predicted octanol–water partition coefficient (Wildman–Crippen LogP) is 0.390. The van der Waals surface area contributed by atoms with E-state index in [4.69, 9.17) is 5.11 Å². The van der Waals surface area contributed by atoms with E-state index in [1.807, 2.05) is 0 Å². The first kappa shape index (κ1) is 10.7. The van der Waals surface area contributed by atoms with Crippen LogP contribution in [0.15, 0.2) is 0 Å². The van der Waals surface area contributed by atoms with Crippen LogP contribution in [0.25, 0.3) is 0 Å². The van der Waals surface area contributed by atoms with Crippen molar-refractivity contribution in [3.8, 4) is 0 Å². The average molecular weight is 199 g/mol. The zero-order valence-electron chi connectivity index (χ0n) is 7.86. The van der Waals surface area contributed by atoms with E-state index in [1.165, 1.54) is 4.90 Å². The van der Waals surface area contributed by atoms with Crippen LogP contribution in [0, 0.1) is 0 Å². The molecule has 0 aromatic carbocycles. The van der Waals surface area contributed by atoms with Crippen molar-refractivity contribution in [2.75, 3.05) is 6.54 Å². The van der Waals surface area contributed by atoms with Crippen LogP contribution in [0.1, 0.15) is 32.1 Å². The van der Waals surface area contributed by atoms with Gasteiger partial charge in [0.05, 0.1) is 0 Å². The standard InChI is InChI=1S/C9H13NO4/c11-7-4-5-8(12)10(7)6-2-1-3-9(13)14/h1-6H2,(H,13,14). The molecule has 5 heteroatoms. The number of carbonyl (C=O) groups is 3. The molecule has 0 radical (unpaired) electrons. The van der Waals surface area contributed by atoms with E-state index in [1.54, 1.807) is 0 Å². The molecule has 0 spiro atoms. The Kier molecular flexibility index (Phi) is 3.62. The van der Waals surface area contributed by atoms with Crippen molar-refractivity contribution < 1.29 is 19.5 Å². The molecule has 5 nitrogen and oxygen atoms in total. The van der Waals surface area contributed by atoms with E-state index in [0.29, 0.717) is 32.2 Å². The van der Waals surface area contributed by atoms with Crippen LogP contribution in [0.4, 0.5) is 0 Å². The van der Waals surface area contributed by atoms with E-state index in [2.05, 4.69) is 0 Å². The summed E-state index contributed by atoms with van der Waals surface area (Å²) in [7, 11) is 0. The Morgan fingerprint density at radius 1 is 1.21 bits per heavy atom. The van der Waals surface area contributed by atoms with Crippen LogP contribution in [0.3, 0.4) is 0 Å². The largest absolute Gasteiger partial charge is 0.481 e. The molecule has 1 N–H and O–H groups in total. The summed E-state index contributed by atoms with van der Waals surface area (Å²) >= 11 is 0. The number of amides is 2. The smallest absolute Gasteiger partial charge is 0.303 e. The summed E-state index contributed by atoms with van der Waals surface area (Å²) in [5, 5.41) is 8.36. The lowest BCUT2D eigenvalue weighted by Gasteiger charge is -2.12. The van der Waals surface area contributed by atoms with Gasteiger partial charge >= 0.3 is 5.97 Å². The quantitative estimate of drug-likeness (QED) is 0.513. The van der Waals surface area contributed by atoms with Crippen LogP contribution in [-0.2, 0) is 14.4 Å². The highest BCUT2D eigenvalue weighted by molar-refractivity contribution is 6.01. The molecule has 1 heterocycles. The maximum Gasteiger partial charge on any atom is 0.303 e. The van der Waals surface area contributed by atoms with E-state index >= 15 is 0 Å². The lowest BCUT2D eigenvalue weighted by atomic mass is 10.2. The Bertz CT molecular complexity index is 246. The molecule has 0 atom stereocenters. The molecule has 1 rings (SSSR count). The fourth-order valence-electron chi connectivity index (χ4n) is 1.42. The van der Waals surface area contributed by atoms with Gasteiger partial charge in [0.2, 0.25) is 11.8 Å². The number of hydrogen-bond donors (Lipinski definition) is 1. The SMILES string of the molecule is O=C(O)CCCCN1C(=O)CCC1=O. The molecule has 0 bridgehead atoms. The van der Waals surface area contributed by atoms with Crippen molar-refractivity contribution >= 4 is 17.8 Å². The molecule has 1 fully saturated rings. The van der Waals surface area contributed by atoms with Gasteiger partial charge < -0.3 is 5.11 Å². The zero-order chi connectivity index (χ0) is 10.6. The number of imide groups is 1. The number of likely N-dealkylation sites (tertiary alicyclic amines) is 1. The van der Waals surface area contributed by atoms with Gasteiger partial charge in [0.15, 0.2) is 0 Å². The molecule has 78 valence electrons. The van der Waals surface area contributed by atoms with E-state index in [9.17, 15) is 14.4 Å². The third-order valence-corrected chi connectivity index (χ3v) is 2.18. The van der Waals surface area contributed by atoms with Crippen LogP contribution in [0.2, 0.25) is 0 Å². The van der Waals surface area contributed by atoms with Crippen LogP contribution >= 0.6 is 0 Å². The second kappa shape index (κ2) is 4.74. The fourth-order valence-corrected chi connectivity index (χ4v) is 1.42. The Labute approximate surface area is 81.7 Å². The highest BCUT2D eigenvalue weighted by Crippen LogP contribution is 2.12. The summed E-state index contributed by atoms with van der Waals surface area (Å²) in [5.74, 6) is -1.11. The van der Waals surface area contributed by atoms with Gasteiger partial charge in [0, 0.05) is 25.8 Å². The van der Waals surface area contributed by atoms with Crippen LogP contribution in [-0.4, -0.2) is 34.3 Å². The lowest BCUT2D eigenvalue weighted by molar-refractivity contribution is -0.138. The summed E-state index contributed by atoms with van der Waals surface area (Å²) < 4.78 is 0. The second-order valence-corrected chi connectivity index (χ2v) is 3.29. The third kappa shape index (κ3) is 2.83. The second-order valence-electron chi connectivity index (χ2n) is 3.29. The highest BCUT2D eigenvalue weighted by Gasteiger charge is 2.27. The summed E-state index contributed by atoms with van der Waals surface area (Å²) in [5.41, 5.74) is 0. The van der Waals surface area contributed by atoms with Gasteiger partial charge in [0.1, 0.15) is 0 Å². The normalized spacial score (nSPS) is 16.4. The third-order valence-electron chi connectivity index (χ3n) is 2.18. The van der Waals surface area contributed by atoms with Crippen molar-refractivity contribution in [2.45, 2.75) is 32.1 Å². The predicted molar refractivity (Wildman–Crippen MR) is 47.4 cm³/mol. The summed E-state index contributed by atoms with van der Waals surface area (Å²) in [6.45, 7) is 0.366. The maximum atomic E-state index is 11.1. The topological polar surface area (TPSA) is 74.7 Å². The minimum atomic E-state index is -0.843. The van der Waals surface area contributed by atoms with Gasteiger partial charge in [-0.25, -0.2) is 0 Å². The Balaban J connectivity index is 2.20. The monoisotopic (exact) mass is 199 g/mol.